The standard InChI is InChI=1S/C13H24N2O2/c1-11(2)15-12(9-14)6-8-16-10-13-5-3-4-7-17-13/h11-13,15H,3-8,10H2,1-2H3. The predicted octanol–water partition coefficient (Wildman–Crippen LogP) is 1.85. The number of ether oxygens (including phenoxy) is 2. The summed E-state index contributed by atoms with van der Waals surface area (Å²) in [5.41, 5.74) is 0. The van der Waals surface area contributed by atoms with Crippen LogP contribution >= 0.6 is 0 Å². The van der Waals surface area contributed by atoms with E-state index in [1.807, 2.05) is 13.8 Å². The van der Waals surface area contributed by atoms with Crippen molar-refractivity contribution >= 4 is 0 Å². The second kappa shape index (κ2) is 8.46. The summed E-state index contributed by atoms with van der Waals surface area (Å²) in [7, 11) is 0. The molecule has 0 amide bonds. The number of nitrogens with zero attached hydrogens (tertiary/aromatic N) is 1. The van der Waals surface area contributed by atoms with Crippen LogP contribution in [0.25, 0.3) is 0 Å². The second-order valence-electron chi connectivity index (χ2n) is 4.86. The van der Waals surface area contributed by atoms with Gasteiger partial charge >= 0.3 is 0 Å². The van der Waals surface area contributed by atoms with Gasteiger partial charge in [-0.25, -0.2) is 0 Å². The SMILES string of the molecule is CC(C)NC(C#N)CCOCC1CCCCO1. The smallest absolute Gasteiger partial charge is 0.0976 e. The zero-order chi connectivity index (χ0) is 12.5. The fraction of sp³-hybridized carbons (Fsp3) is 0.923. The van der Waals surface area contributed by atoms with Gasteiger partial charge in [0.05, 0.1) is 24.8 Å². The highest BCUT2D eigenvalue weighted by atomic mass is 16.5. The van der Waals surface area contributed by atoms with Crippen LogP contribution in [-0.4, -0.2) is 38.0 Å². The van der Waals surface area contributed by atoms with E-state index in [1.165, 1.54) is 12.8 Å². The summed E-state index contributed by atoms with van der Waals surface area (Å²) in [5, 5.41) is 12.1. The van der Waals surface area contributed by atoms with Crippen LogP contribution in [0.4, 0.5) is 0 Å². The van der Waals surface area contributed by atoms with Crippen molar-refractivity contribution in [2.45, 2.75) is 57.7 Å². The number of rotatable bonds is 7. The number of hydrogen-bond acceptors (Lipinski definition) is 4. The minimum Gasteiger partial charge on any atom is -0.379 e. The highest BCUT2D eigenvalue weighted by molar-refractivity contribution is 4.90. The van der Waals surface area contributed by atoms with Gasteiger partial charge in [-0.3, -0.25) is 5.32 Å². The summed E-state index contributed by atoms with van der Waals surface area (Å²) >= 11 is 0. The third-order valence-corrected chi connectivity index (χ3v) is 2.82. The maximum Gasteiger partial charge on any atom is 0.0976 e. The van der Waals surface area contributed by atoms with Crippen molar-refractivity contribution in [2.24, 2.45) is 0 Å². The molecule has 0 bridgehead atoms. The molecule has 2 unspecified atom stereocenters. The van der Waals surface area contributed by atoms with Gasteiger partial charge in [-0.1, -0.05) is 0 Å². The molecular weight excluding hydrogens is 216 g/mol. The normalized spacial score (nSPS) is 22.4. The van der Waals surface area contributed by atoms with Crippen molar-refractivity contribution < 1.29 is 9.47 Å². The van der Waals surface area contributed by atoms with Gasteiger partial charge in [-0.05, 0) is 39.5 Å². The average Bonchev–Trinajstić information content (AvgIpc) is 2.34. The van der Waals surface area contributed by atoms with Crippen molar-refractivity contribution in [3.8, 4) is 6.07 Å². The molecule has 4 heteroatoms. The van der Waals surface area contributed by atoms with Crippen LogP contribution < -0.4 is 5.32 Å². The summed E-state index contributed by atoms with van der Waals surface area (Å²) in [6, 6.07) is 2.48. The maximum absolute atomic E-state index is 8.93. The lowest BCUT2D eigenvalue weighted by atomic mass is 10.1. The van der Waals surface area contributed by atoms with Crippen LogP contribution in [-0.2, 0) is 9.47 Å². The van der Waals surface area contributed by atoms with Gasteiger partial charge in [-0.2, -0.15) is 5.26 Å². The Hall–Kier alpha value is -0.630. The molecule has 1 N–H and O–H groups in total. The van der Waals surface area contributed by atoms with Gasteiger partial charge in [0.15, 0.2) is 0 Å². The molecule has 0 radical (unpaired) electrons. The largest absolute Gasteiger partial charge is 0.379 e. The molecular formula is C13H24N2O2. The first-order valence-electron chi connectivity index (χ1n) is 6.57. The minimum absolute atomic E-state index is 0.109. The molecule has 0 aromatic rings. The maximum atomic E-state index is 8.93. The zero-order valence-corrected chi connectivity index (χ0v) is 10.9. The van der Waals surface area contributed by atoms with Gasteiger partial charge in [0, 0.05) is 19.3 Å². The van der Waals surface area contributed by atoms with E-state index < -0.39 is 0 Å². The Labute approximate surface area is 104 Å². The lowest BCUT2D eigenvalue weighted by Crippen LogP contribution is -2.34. The highest BCUT2D eigenvalue weighted by Crippen LogP contribution is 2.12. The van der Waals surface area contributed by atoms with E-state index in [9.17, 15) is 0 Å². The molecule has 1 rings (SSSR count). The van der Waals surface area contributed by atoms with Crippen molar-refractivity contribution in [1.29, 1.82) is 5.26 Å². The van der Waals surface area contributed by atoms with Crippen molar-refractivity contribution in [3.63, 3.8) is 0 Å². The Bertz CT molecular complexity index is 232. The van der Waals surface area contributed by atoms with E-state index in [4.69, 9.17) is 14.7 Å². The predicted molar refractivity (Wildman–Crippen MR) is 66.7 cm³/mol. The van der Waals surface area contributed by atoms with E-state index in [2.05, 4.69) is 11.4 Å². The Morgan fingerprint density at radius 2 is 2.29 bits per heavy atom. The van der Waals surface area contributed by atoms with Crippen LogP contribution in [0, 0.1) is 11.3 Å². The van der Waals surface area contributed by atoms with Gasteiger partial charge in [0.25, 0.3) is 0 Å². The number of nitrogens with one attached hydrogen (secondary N) is 1. The van der Waals surface area contributed by atoms with Crippen molar-refractivity contribution in [2.75, 3.05) is 19.8 Å². The number of hydrogen-bond donors (Lipinski definition) is 1. The fourth-order valence-electron chi connectivity index (χ4n) is 1.94. The van der Waals surface area contributed by atoms with Gasteiger partial charge in [0.1, 0.15) is 0 Å². The average molecular weight is 240 g/mol. The molecule has 0 aliphatic carbocycles. The third kappa shape index (κ3) is 6.62. The Morgan fingerprint density at radius 3 is 2.88 bits per heavy atom. The monoisotopic (exact) mass is 240 g/mol. The molecule has 17 heavy (non-hydrogen) atoms. The quantitative estimate of drug-likeness (QED) is 0.690. The molecule has 1 aliphatic heterocycles. The van der Waals surface area contributed by atoms with Crippen LogP contribution in [0.5, 0.6) is 0 Å². The molecule has 0 saturated carbocycles. The Balaban J connectivity index is 2.04. The lowest BCUT2D eigenvalue weighted by molar-refractivity contribution is -0.0414. The first-order chi connectivity index (χ1) is 8.22. The second-order valence-corrected chi connectivity index (χ2v) is 4.86. The van der Waals surface area contributed by atoms with Crippen LogP contribution in [0.1, 0.15) is 39.5 Å². The summed E-state index contributed by atoms with van der Waals surface area (Å²) in [6.45, 7) is 6.24. The zero-order valence-electron chi connectivity index (χ0n) is 10.9. The summed E-state index contributed by atoms with van der Waals surface area (Å²) < 4.78 is 11.1. The van der Waals surface area contributed by atoms with Crippen LogP contribution in [0.2, 0.25) is 0 Å². The molecule has 1 fully saturated rings. The molecule has 1 saturated heterocycles. The van der Waals surface area contributed by atoms with E-state index >= 15 is 0 Å². The molecule has 1 aliphatic rings. The summed E-state index contributed by atoms with van der Waals surface area (Å²) in [6.07, 6.45) is 4.52. The summed E-state index contributed by atoms with van der Waals surface area (Å²) in [5.74, 6) is 0. The Morgan fingerprint density at radius 1 is 1.47 bits per heavy atom. The topological polar surface area (TPSA) is 54.3 Å². The molecule has 4 nitrogen and oxygen atoms in total. The van der Waals surface area contributed by atoms with Crippen LogP contribution in [0.3, 0.4) is 0 Å². The lowest BCUT2D eigenvalue weighted by Gasteiger charge is -2.22. The first-order valence-corrected chi connectivity index (χ1v) is 6.57. The first kappa shape index (κ1) is 14.4. The van der Waals surface area contributed by atoms with Gasteiger partial charge < -0.3 is 9.47 Å². The molecule has 98 valence electrons. The van der Waals surface area contributed by atoms with E-state index in [1.54, 1.807) is 0 Å². The highest BCUT2D eigenvalue weighted by Gasteiger charge is 2.14. The number of nitriles is 1. The van der Waals surface area contributed by atoms with E-state index in [-0.39, 0.29) is 12.1 Å². The van der Waals surface area contributed by atoms with E-state index in [0.29, 0.717) is 19.3 Å². The molecule has 0 spiro atoms. The molecule has 0 aromatic carbocycles. The molecule has 0 aromatic heterocycles. The molecule has 2 atom stereocenters. The van der Waals surface area contributed by atoms with Crippen molar-refractivity contribution in [1.82, 2.24) is 5.32 Å². The molecule has 1 heterocycles. The third-order valence-electron chi connectivity index (χ3n) is 2.82. The van der Waals surface area contributed by atoms with Crippen LogP contribution in [0.15, 0.2) is 0 Å². The Kier molecular flexibility index (Phi) is 7.18. The van der Waals surface area contributed by atoms with Crippen molar-refractivity contribution in [3.05, 3.63) is 0 Å². The minimum atomic E-state index is -0.109. The fourth-order valence-corrected chi connectivity index (χ4v) is 1.94. The van der Waals surface area contributed by atoms with Gasteiger partial charge in [-0.15, -0.1) is 0 Å². The van der Waals surface area contributed by atoms with E-state index in [0.717, 1.165) is 19.4 Å². The summed E-state index contributed by atoms with van der Waals surface area (Å²) in [4.78, 5) is 0. The van der Waals surface area contributed by atoms with Gasteiger partial charge in [0.2, 0.25) is 0 Å².